The van der Waals surface area contributed by atoms with Crippen molar-refractivity contribution in [1.29, 1.82) is 0 Å². The third kappa shape index (κ3) is 2.51. The summed E-state index contributed by atoms with van der Waals surface area (Å²) in [5.41, 5.74) is 0. The van der Waals surface area contributed by atoms with Gasteiger partial charge in [-0.1, -0.05) is 0 Å². The molecule has 0 amide bonds. The predicted octanol–water partition coefficient (Wildman–Crippen LogP) is 0.686. The van der Waals surface area contributed by atoms with E-state index < -0.39 is 9.84 Å². The highest BCUT2D eigenvalue weighted by Crippen LogP contribution is 2.20. The molecule has 0 spiro atoms. The molecular formula is C10H14N2O3S. The van der Waals surface area contributed by atoms with E-state index in [2.05, 4.69) is 10.3 Å². The molecule has 5 nitrogen and oxygen atoms in total. The van der Waals surface area contributed by atoms with E-state index in [1.807, 2.05) is 0 Å². The van der Waals surface area contributed by atoms with Crippen LogP contribution in [0, 0.1) is 0 Å². The van der Waals surface area contributed by atoms with Gasteiger partial charge in [-0.15, -0.1) is 0 Å². The lowest BCUT2D eigenvalue weighted by atomic mass is 10.2. The second-order valence-electron chi connectivity index (χ2n) is 3.83. The molecule has 0 aromatic carbocycles. The summed E-state index contributed by atoms with van der Waals surface area (Å²) < 4.78 is 28.2. The van der Waals surface area contributed by atoms with Gasteiger partial charge >= 0.3 is 0 Å². The summed E-state index contributed by atoms with van der Waals surface area (Å²) in [6.07, 6.45) is 3.63. The molecule has 1 N–H and O–H groups in total. The van der Waals surface area contributed by atoms with Crippen LogP contribution in [0.4, 0.5) is 5.82 Å². The molecule has 2 heterocycles. The normalized spacial score (nSPS) is 20.9. The number of ether oxygens (including phenoxy) is 1. The minimum absolute atomic E-state index is 0.149. The molecule has 1 fully saturated rings. The molecule has 0 radical (unpaired) electrons. The van der Waals surface area contributed by atoms with Crippen molar-refractivity contribution in [3.05, 3.63) is 18.3 Å². The molecule has 6 heteroatoms. The maximum atomic E-state index is 11.5. The van der Waals surface area contributed by atoms with E-state index in [-0.39, 0.29) is 10.9 Å². The van der Waals surface area contributed by atoms with Gasteiger partial charge in [0.1, 0.15) is 10.7 Å². The number of nitrogens with zero attached hydrogens (tertiary/aromatic N) is 1. The van der Waals surface area contributed by atoms with Gasteiger partial charge in [0.05, 0.1) is 12.6 Å². The quantitative estimate of drug-likeness (QED) is 0.844. The lowest BCUT2D eigenvalue weighted by Gasteiger charge is -2.13. The van der Waals surface area contributed by atoms with Crippen LogP contribution in [-0.2, 0) is 14.6 Å². The Morgan fingerprint density at radius 1 is 1.56 bits per heavy atom. The Morgan fingerprint density at radius 3 is 3.00 bits per heavy atom. The lowest BCUT2D eigenvalue weighted by molar-refractivity contribution is 0.195. The monoisotopic (exact) mass is 242 g/mol. The van der Waals surface area contributed by atoms with Gasteiger partial charge in [0.2, 0.25) is 0 Å². The highest BCUT2D eigenvalue weighted by Gasteiger charge is 2.20. The second kappa shape index (κ2) is 4.39. The van der Waals surface area contributed by atoms with E-state index >= 15 is 0 Å². The Bertz CT molecular complexity index is 467. The van der Waals surface area contributed by atoms with Crippen molar-refractivity contribution in [2.45, 2.75) is 17.4 Å². The Labute approximate surface area is 94.8 Å². The number of anilines is 1. The Kier molecular flexibility index (Phi) is 3.11. The van der Waals surface area contributed by atoms with Gasteiger partial charge in [0, 0.05) is 19.1 Å². The molecule has 1 aromatic heterocycles. The fraction of sp³-hybridized carbons (Fsp3) is 0.500. The van der Waals surface area contributed by atoms with Crippen molar-refractivity contribution in [2.24, 2.45) is 0 Å². The van der Waals surface area contributed by atoms with E-state index in [1.54, 1.807) is 18.3 Å². The summed E-state index contributed by atoms with van der Waals surface area (Å²) in [7, 11) is -3.24. The minimum Gasteiger partial charge on any atom is -0.379 e. The zero-order valence-electron chi connectivity index (χ0n) is 9.01. The van der Waals surface area contributed by atoms with Crippen LogP contribution in [0.25, 0.3) is 0 Å². The number of nitrogens with one attached hydrogen (secondary N) is 1. The number of sulfone groups is 1. The van der Waals surface area contributed by atoms with Gasteiger partial charge in [0.25, 0.3) is 0 Å². The van der Waals surface area contributed by atoms with Crippen LogP contribution in [0.15, 0.2) is 23.2 Å². The Morgan fingerprint density at radius 2 is 2.38 bits per heavy atom. The summed E-state index contributed by atoms with van der Waals surface area (Å²) in [5.74, 6) is 0.417. The molecule has 1 aliphatic rings. The first-order valence-corrected chi connectivity index (χ1v) is 6.96. The highest BCUT2D eigenvalue weighted by molar-refractivity contribution is 7.90. The SMILES string of the molecule is CS(=O)(=O)c1cccnc1NC1CCOC1. The molecule has 88 valence electrons. The maximum Gasteiger partial charge on any atom is 0.179 e. The minimum atomic E-state index is -3.24. The van der Waals surface area contributed by atoms with Gasteiger partial charge in [-0.3, -0.25) is 0 Å². The van der Waals surface area contributed by atoms with E-state index in [4.69, 9.17) is 4.74 Å². The second-order valence-corrected chi connectivity index (χ2v) is 5.81. The summed E-state index contributed by atoms with van der Waals surface area (Å²) in [4.78, 5) is 4.30. The van der Waals surface area contributed by atoms with Crippen molar-refractivity contribution >= 4 is 15.7 Å². The standard InChI is InChI=1S/C10H14N2O3S/c1-16(13,14)9-3-2-5-11-10(9)12-8-4-6-15-7-8/h2-3,5,8H,4,6-7H2,1H3,(H,11,12). The molecule has 0 aliphatic carbocycles. The number of hydrogen-bond donors (Lipinski definition) is 1. The van der Waals surface area contributed by atoms with Crippen molar-refractivity contribution in [2.75, 3.05) is 24.8 Å². The Hall–Kier alpha value is -1.14. The van der Waals surface area contributed by atoms with Crippen LogP contribution in [0.1, 0.15) is 6.42 Å². The lowest BCUT2D eigenvalue weighted by Crippen LogP contribution is -2.21. The highest BCUT2D eigenvalue weighted by atomic mass is 32.2. The fourth-order valence-corrected chi connectivity index (χ4v) is 2.43. The van der Waals surface area contributed by atoms with Crippen molar-refractivity contribution in [3.63, 3.8) is 0 Å². The summed E-state index contributed by atoms with van der Waals surface area (Å²) in [6.45, 7) is 1.30. The smallest absolute Gasteiger partial charge is 0.179 e. The van der Waals surface area contributed by atoms with Gasteiger partial charge in [-0.2, -0.15) is 0 Å². The first-order chi connectivity index (χ1) is 7.57. The topological polar surface area (TPSA) is 68.3 Å². The average molecular weight is 242 g/mol. The van der Waals surface area contributed by atoms with E-state index in [0.29, 0.717) is 19.0 Å². The molecule has 16 heavy (non-hydrogen) atoms. The zero-order chi connectivity index (χ0) is 11.6. The largest absolute Gasteiger partial charge is 0.379 e. The van der Waals surface area contributed by atoms with Crippen molar-refractivity contribution < 1.29 is 13.2 Å². The van der Waals surface area contributed by atoms with Crippen LogP contribution >= 0.6 is 0 Å². The number of aromatic nitrogens is 1. The first-order valence-electron chi connectivity index (χ1n) is 5.07. The van der Waals surface area contributed by atoms with Gasteiger partial charge in [-0.25, -0.2) is 13.4 Å². The molecule has 0 saturated carbocycles. The zero-order valence-corrected chi connectivity index (χ0v) is 9.83. The molecule has 1 unspecified atom stereocenters. The van der Waals surface area contributed by atoms with E-state index in [1.165, 1.54) is 6.26 Å². The van der Waals surface area contributed by atoms with Crippen LogP contribution in [0.5, 0.6) is 0 Å². The first kappa shape index (κ1) is 11.3. The van der Waals surface area contributed by atoms with Crippen molar-refractivity contribution in [3.8, 4) is 0 Å². The van der Waals surface area contributed by atoms with Crippen LogP contribution in [0.3, 0.4) is 0 Å². The molecular weight excluding hydrogens is 228 g/mol. The molecule has 0 bridgehead atoms. The molecule has 1 aromatic rings. The third-order valence-corrected chi connectivity index (χ3v) is 3.57. The van der Waals surface area contributed by atoms with Crippen LogP contribution < -0.4 is 5.32 Å². The molecule has 1 aliphatic heterocycles. The summed E-state index contributed by atoms with van der Waals surface area (Å²) in [5, 5.41) is 3.10. The average Bonchev–Trinajstić information content (AvgIpc) is 2.70. The van der Waals surface area contributed by atoms with Gasteiger partial charge in [-0.05, 0) is 18.6 Å². The van der Waals surface area contributed by atoms with Crippen LogP contribution in [-0.4, -0.2) is 38.9 Å². The molecule has 1 saturated heterocycles. The van der Waals surface area contributed by atoms with Gasteiger partial charge < -0.3 is 10.1 Å². The van der Waals surface area contributed by atoms with Crippen LogP contribution in [0.2, 0.25) is 0 Å². The number of rotatable bonds is 3. The maximum absolute atomic E-state index is 11.5. The summed E-state index contributed by atoms with van der Waals surface area (Å²) >= 11 is 0. The van der Waals surface area contributed by atoms with Crippen molar-refractivity contribution in [1.82, 2.24) is 4.98 Å². The molecule has 2 rings (SSSR count). The summed E-state index contributed by atoms with van der Waals surface area (Å²) in [6, 6.07) is 3.32. The molecule has 1 atom stereocenters. The number of hydrogen-bond acceptors (Lipinski definition) is 5. The van der Waals surface area contributed by atoms with E-state index in [9.17, 15) is 8.42 Å². The Balaban J connectivity index is 2.26. The van der Waals surface area contributed by atoms with E-state index in [0.717, 1.165) is 6.42 Å². The fourth-order valence-electron chi connectivity index (χ4n) is 1.64. The number of pyridine rings is 1. The van der Waals surface area contributed by atoms with Gasteiger partial charge in [0.15, 0.2) is 9.84 Å². The predicted molar refractivity (Wildman–Crippen MR) is 60.2 cm³/mol. The third-order valence-electron chi connectivity index (χ3n) is 2.44.